The molecule has 0 spiro atoms. The van der Waals surface area contributed by atoms with Crippen molar-refractivity contribution in [2.24, 2.45) is 0 Å². The number of aliphatic hydroxyl groups excluding tert-OH is 2. The summed E-state index contributed by atoms with van der Waals surface area (Å²) in [5, 5.41) is 32.5. The number of hydrogen-bond acceptors (Lipinski definition) is 8. The third kappa shape index (κ3) is 6.24. The van der Waals surface area contributed by atoms with Gasteiger partial charge in [-0.05, 0) is 78.3 Å². The van der Waals surface area contributed by atoms with Crippen LogP contribution in [0.4, 0.5) is 0 Å². The zero-order chi connectivity index (χ0) is 25.5. The van der Waals surface area contributed by atoms with E-state index >= 15 is 0 Å². The summed E-state index contributed by atoms with van der Waals surface area (Å²) in [6.07, 6.45) is 2.39. The smallest absolute Gasteiger partial charge is 0.213 e. The number of ether oxygens (including phenoxy) is 2. The molecule has 188 valence electrons. The third-order valence-corrected chi connectivity index (χ3v) is 6.07. The fraction of sp³-hybridized carbons (Fsp3) is 0.333. The van der Waals surface area contributed by atoms with Crippen LogP contribution in [-0.4, -0.2) is 55.1 Å². The summed E-state index contributed by atoms with van der Waals surface area (Å²) in [6.45, 7) is 6.32. The van der Waals surface area contributed by atoms with Gasteiger partial charge in [0.1, 0.15) is 25.1 Å². The highest BCUT2D eigenvalue weighted by Crippen LogP contribution is 2.34. The van der Waals surface area contributed by atoms with Crippen LogP contribution in [-0.2, 0) is 19.4 Å². The molecule has 9 nitrogen and oxygen atoms in total. The van der Waals surface area contributed by atoms with Gasteiger partial charge in [0.15, 0.2) is 5.82 Å². The molecule has 2 aromatic carbocycles. The summed E-state index contributed by atoms with van der Waals surface area (Å²) in [5.74, 6) is 1.92. The summed E-state index contributed by atoms with van der Waals surface area (Å²) in [4.78, 5) is 4.44. The molecule has 0 fully saturated rings. The molecule has 4 aromatic rings. The maximum atomic E-state index is 9.56. The Morgan fingerprint density at radius 3 is 2.47 bits per heavy atom. The molecular weight excluding hydrogens is 458 g/mol. The van der Waals surface area contributed by atoms with Gasteiger partial charge in [0.2, 0.25) is 5.88 Å². The van der Waals surface area contributed by atoms with E-state index in [0.29, 0.717) is 30.5 Å². The molecule has 0 saturated heterocycles. The minimum Gasteiger partial charge on any atom is -0.491 e. The van der Waals surface area contributed by atoms with Crippen molar-refractivity contribution in [1.29, 1.82) is 0 Å². The lowest BCUT2D eigenvalue weighted by Gasteiger charge is -2.18. The molecule has 0 bridgehead atoms. The van der Waals surface area contributed by atoms with Crippen molar-refractivity contribution in [3.05, 3.63) is 82.3 Å². The number of aromatic amines is 1. The van der Waals surface area contributed by atoms with Crippen LogP contribution < -0.4 is 9.47 Å². The fourth-order valence-corrected chi connectivity index (χ4v) is 4.13. The van der Waals surface area contributed by atoms with Crippen LogP contribution in [0.25, 0.3) is 11.1 Å². The van der Waals surface area contributed by atoms with Gasteiger partial charge in [-0.2, -0.15) is 5.21 Å². The molecule has 0 unspecified atom stereocenters. The van der Waals surface area contributed by atoms with E-state index in [1.54, 1.807) is 0 Å². The molecule has 0 aliphatic carbocycles. The van der Waals surface area contributed by atoms with Gasteiger partial charge in [0.05, 0.1) is 6.61 Å². The summed E-state index contributed by atoms with van der Waals surface area (Å²) in [6, 6.07) is 14.0. The van der Waals surface area contributed by atoms with Crippen molar-refractivity contribution in [1.82, 2.24) is 25.6 Å². The number of hydrogen-bond donors (Lipinski definition) is 3. The summed E-state index contributed by atoms with van der Waals surface area (Å²) in [7, 11) is 0. The van der Waals surface area contributed by atoms with Gasteiger partial charge in [-0.3, -0.25) is 0 Å². The van der Waals surface area contributed by atoms with Crippen LogP contribution in [0.3, 0.4) is 0 Å². The van der Waals surface area contributed by atoms with Crippen LogP contribution in [0, 0.1) is 20.8 Å². The van der Waals surface area contributed by atoms with Crippen molar-refractivity contribution in [3.63, 3.8) is 0 Å². The summed E-state index contributed by atoms with van der Waals surface area (Å²) < 4.78 is 11.6. The Labute approximate surface area is 210 Å². The Morgan fingerprint density at radius 2 is 1.81 bits per heavy atom. The van der Waals surface area contributed by atoms with Crippen LogP contribution in [0.5, 0.6) is 11.6 Å². The van der Waals surface area contributed by atoms with Crippen molar-refractivity contribution >= 4 is 0 Å². The number of aryl methyl sites for hydroxylation is 4. The van der Waals surface area contributed by atoms with E-state index in [-0.39, 0.29) is 13.2 Å². The highest BCUT2D eigenvalue weighted by molar-refractivity contribution is 5.75. The molecule has 36 heavy (non-hydrogen) atoms. The van der Waals surface area contributed by atoms with Crippen molar-refractivity contribution < 1.29 is 19.7 Å². The van der Waals surface area contributed by atoms with E-state index in [9.17, 15) is 5.11 Å². The van der Waals surface area contributed by atoms with E-state index in [0.717, 1.165) is 45.4 Å². The molecule has 9 heteroatoms. The van der Waals surface area contributed by atoms with Crippen LogP contribution >= 0.6 is 0 Å². The first-order valence-electron chi connectivity index (χ1n) is 11.9. The first-order chi connectivity index (χ1) is 17.4. The number of aromatic nitrogens is 5. The molecule has 1 atom stereocenters. The summed E-state index contributed by atoms with van der Waals surface area (Å²) in [5.41, 5.74) is 7.73. The predicted octanol–water partition coefficient (Wildman–Crippen LogP) is 3.28. The number of pyridine rings is 1. The lowest BCUT2D eigenvalue weighted by Crippen LogP contribution is -2.21. The Morgan fingerprint density at radius 1 is 1.00 bits per heavy atom. The van der Waals surface area contributed by atoms with Gasteiger partial charge in [-0.15, -0.1) is 10.2 Å². The lowest BCUT2D eigenvalue weighted by atomic mass is 9.90. The molecule has 4 rings (SSSR count). The largest absolute Gasteiger partial charge is 0.491 e. The maximum Gasteiger partial charge on any atom is 0.213 e. The number of nitrogens with one attached hydrogen (secondary N) is 1. The van der Waals surface area contributed by atoms with E-state index in [1.807, 2.05) is 50.4 Å². The molecule has 2 aromatic heterocycles. The fourth-order valence-electron chi connectivity index (χ4n) is 4.13. The first-order valence-corrected chi connectivity index (χ1v) is 11.9. The standard InChI is InChI=1S/C27H31N5O4/c1-17-11-23(35-16-22(34)14-33)12-18(2)27(17)24-6-4-5-21(19(24)3)15-36-26-10-8-20(13-28-26)7-9-25-29-31-32-30-25/h4-6,8,10-13,22,33-34H,7,9,14-16H2,1-3H3,(H,29,30,31,32)/t22-/m1/s1. The number of aliphatic hydroxyl groups is 2. The molecule has 2 heterocycles. The van der Waals surface area contributed by atoms with Gasteiger partial charge in [0, 0.05) is 18.7 Å². The molecule has 0 aliphatic heterocycles. The van der Waals surface area contributed by atoms with Crippen LogP contribution in [0.2, 0.25) is 0 Å². The third-order valence-electron chi connectivity index (χ3n) is 6.07. The average molecular weight is 490 g/mol. The second-order valence-electron chi connectivity index (χ2n) is 8.79. The number of nitrogens with zero attached hydrogens (tertiary/aromatic N) is 4. The number of rotatable bonds is 11. The molecule has 0 radical (unpaired) electrons. The topological polar surface area (TPSA) is 126 Å². The first kappa shape index (κ1) is 25.3. The Hall–Kier alpha value is -3.82. The Balaban J connectivity index is 1.43. The quantitative estimate of drug-likeness (QED) is 0.293. The van der Waals surface area contributed by atoms with E-state index in [4.69, 9.17) is 14.6 Å². The second-order valence-corrected chi connectivity index (χ2v) is 8.79. The van der Waals surface area contributed by atoms with E-state index in [2.05, 4.69) is 44.7 Å². The SMILES string of the molecule is Cc1cc(OC[C@H](O)CO)cc(C)c1-c1cccc(COc2ccc(CCc3nn[nH]n3)cn2)c1C. The number of tetrazole rings is 1. The molecule has 0 saturated carbocycles. The monoisotopic (exact) mass is 489 g/mol. The molecular formula is C27H31N5O4. The number of benzene rings is 2. The maximum absolute atomic E-state index is 9.56. The molecule has 0 amide bonds. The summed E-state index contributed by atoms with van der Waals surface area (Å²) >= 11 is 0. The van der Waals surface area contributed by atoms with Gasteiger partial charge < -0.3 is 19.7 Å². The van der Waals surface area contributed by atoms with Gasteiger partial charge in [-0.1, -0.05) is 29.5 Å². The van der Waals surface area contributed by atoms with Crippen molar-refractivity contribution in [2.45, 2.75) is 46.3 Å². The van der Waals surface area contributed by atoms with Crippen molar-refractivity contribution in [2.75, 3.05) is 13.2 Å². The van der Waals surface area contributed by atoms with Crippen molar-refractivity contribution in [3.8, 4) is 22.8 Å². The average Bonchev–Trinajstić information content (AvgIpc) is 3.40. The number of H-pyrrole nitrogens is 1. The zero-order valence-corrected chi connectivity index (χ0v) is 20.7. The molecule has 3 N–H and O–H groups in total. The minimum atomic E-state index is -0.897. The van der Waals surface area contributed by atoms with Gasteiger partial charge in [-0.25, -0.2) is 4.98 Å². The lowest BCUT2D eigenvalue weighted by molar-refractivity contribution is 0.0536. The van der Waals surface area contributed by atoms with Gasteiger partial charge >= 0.3 is 0 Å². The molecule has 0 aliphatic rings. The van der Waals surface area contributed by atoms with Crippen LogP contribution in [0.15, 0.2) is 48.7 Å². The van der Waals surface area contributed by atoms with Crippen LogP contribution in [0.1, 0.15) is 33.6 Å². The van der Waals surface area contributed by atoms with E-state index < -0.39 is 6.10 Å². The minimum absolute atomic E-state index is 0.0500. The highest BCUT2D eigenvalue weighted by atomic mass is 16.5. The Kier molecular flexibility index (Phi) is 8.24. The second kappa shape index (κ2) is 11.7. The van der Waals surface area contributed by atoms with Gasteiger partial charge in [0.25, 0.3) is 0 Å². The predicted molar refractivity (Wildman–Crippen MR) is 135 cm³/mol. The zero-order valence-electron chi connectivity index (χ0n) is 20.7. The highest BCUT2D eigenvalue weighted by Gasteiger charge is 2.14. The normalized spacial score (nSPS) is 11.9. The van der Waals surface area contributed by atoms with E-state index in [1.165, 1.54) is 0 Å². The Bertz CT molecular complexity index is 1250.